The van der Waals surface area contributed by atoms with Gasteiger partial charge in [0.1, 0.15) is 0 Å². The van der Waals surface area contributed by atoms with Gasteiger partial charge < -0.3 is 63.2 Å². The molecular weight excluding hydrogens is 435 g/mol. The summed E-state index contributed by atoms with van der Waals surface area (Å²) < 4.78 is 0. The average Bonchev–Trinajstić information content (AvgIpc) is 2.54. The third-order valence-electron chi connectivity index (χ3n) is 0.516. The Hall–Kier alpha value is -0.718. The van der Waals surface area contributed by atoms with Crippen molar-refractivity contribution in [3.8, 4) is 0 Å². The minimum atomic E-state index is -1.08. The van der Waals surface area contributed by atoms with E-state index in [1.165, 1.54) is 0 Å². The Morgan fingerprint density at radius 2 is 0.680 bits per heavy atom. The van der Waals surface area contributed by atoms with Crippen molar-refractivity contribution in [2.45, 2.75) is 13.8 Å². The third kappa shape index (κ3) is 979. The van der Waals surface area contributed by atoms with Gasteiger partial charge in [0.2, 0.25) is 0 Å². The Bertz CT molecular complexity index is 162. The zero-order valence-corrected chi connectivity index (χ0v) is 16.3. The molecule has 0 bridgehead atoms. The van der Waals surface area contributed by atoms with Crippen LogP contribution >= 0.6 is 0 Å². The fourth-order valence-electron chi connectivity index (χ4n) is 0. The summed E-state index contributed by atoms with van der Waals surface area (Å²) in [6.07, 6.45) is 0. The van der Waals surface area contributed by atoms with Crippen molar-refractivity contribution in [1.29, 1.82) is 0 Å². The molecule has 12 nitrogen and oxygen atoms in total. The summed E-state index contributed by atoms with van der Waals surface area (Å²) in [6, 6.07) is 0. The number of nitrogens with two attached hydrogens (primary N) is 4. The maximum atomic E-state index is 8.89. The topological polar surface area (TPSA) is 265 Å². The van der Waals surface area contributed by atoms with Crippen molar-refractivity contribution in [1.82, 2.24) is 0 Å². The molecule has 0 radical (unpaired) electrons. The zero-order valence-electron chi connectivity index (χ0n) is 14.7. The van der Waals surface area contributed by atoms with E-state index in [9.17, 15) is 0 Å². The van der Waals surface area contributed by atoms with E-state index in [4.69, 9.17) is 63.2 Å². The second-order valence-electron chi connectivity index (χ2n) is 3.03. The molecule has 25 heavy (non-hydrogen) atoms. The number of carboxylic acids is 2. The molecule has 0 unspecified atom stereocenters. The number of aliphatic hydroxyl groups is 4. The second-order valence-corrected chi connectivity index (χ2v) is 3.03. The molecule has 0 amide bonds. The molecule has 0 saturated heterocycles. The van der Waals surface area contributed by atoms with Gasteiger partial charge in [0.05, 0.1) is 26.4 Å². The van der Waals surface area contributed by atoms with Gasteiger partial charge in [-0.2, -0.15) is 0 Å². The van der Waals surface area contributed by atoms with Crippen molar-refractivity contribution in [2.24, 2.45) is 22.9 Å². The van der Waals surface area contributed by atoms with Gasteiger partial charge in [0.25, 0.3) is 0 Å². The molecule has 0 rings (SSSR count). The Morgan fingerprint density at radius 3 is 0.680 bits per heavy atom. The first-order valence-corrected chi connectivity index (χ1v) is 6.71. The summed E-state index contributed by atoms with van der Waals surface area (Å²) in [6.45, 7) is 3.83. The summed E-state index contributed by atoms with van der Waals surface area (Å²) in [5.41, 5.74) is 19.1. The maximum Gasteiger partial charge on any atom is 2.00 e. The van der Waals surface area contributed by atoms with Gasteiger partial charge in [-0.05, 0) is 13.8 Å². The smallest absolute Gasteiger partial charge is 0.550 e. The van der Waals surface area contributed by atoms with Crippen molar-refractivity contribution in [2.75, 3.05) is 52.6 Å². The third-order valence-corrected chi connectivity index (χ3v) is 0.516. The molecule has 0 heterocycles. The van der Waals surface area contributed by atoms with Crippen LogP contribution in [0.2, 0.25) is 0 Å². The maximum absolute atomic E-state index is 8.89. The minimum Gasteiger partial charge on any atom is -0.550 e. The number of carboxylic acid groups (broad SMARTS) is 2. The molecule has 13 heteroatoms. The van der Waals surface area contributed by atoms with E-state index in [1.54, 1.807) is 0 Å². The van der Waals surface area contributed by atoms with Gasteiger partial charge in [-0.25, -0.2) is 0 Å². The molecule has 0 aromatic rings. The summed E-state index contributed by atoms with van der Waals surface area (Å²) >= 11 is 0. The SMILES string of the molecule is CC(=O)[O-].CC(=O)[O-].NCCO.NCCO.NCCO.NCCO.[Pd+2]. The van der Waals surface area contributed by atoms with Gasteiger partial charge in [0, 0.05) is 38.1 Å². The number of aliphatic carboxylic acids is 2. The number of hydrogen-bond acceptors (Lipinski definition) is 12. The number of carbonyl (C=O) groups excluding carboxylic acids is 2. The standard InChI is InChI=1S/4C2H7NO.2C2H4O2.Pd/c4*3-1-2-4;2*1-2(3)4;/h4*4H,1-3H2;2*1H3,(H,3,4);/q;;;;;;+2/p-2. The van der Waals surface area contributed by atoms with E-state index in [1.807, 2.05) is 0 Å². The van der Waals surface area contributed by atoms with Gasteiger partial charge in [0.15, 0.2) is 0 Å². The normalized spacial score (nSPS) is 6.80. The Labute approximate surface area is 162 Å². The Morgan fingerprint density at radius 1 is 0.640 bits per heavy atom. The molecule has 0 aromatic heterocycles. The molecule has 0 aliphatic heterocycles. The van der Waals surface area contributed by atoms with Crippen LogP contribution < -0.4 is 33.1 Å². The van der Waals surface area contributed by atoms with Crippen LogP contribution in [0.4, 0.5) is 0 Å². The fourth-order valence-corrected chi connectivity index (χ4v) is 0. The van der Waals surface area contributed by atoms with Crippen LogP contribution in [0.25, 0.3) is 0 Å². The van der Waals surface area contributed by atoms with E-state index in [-0.39, 0.29) is 46.9 Å². The van der Waals surface area contributed by atoms with Gasteiger partial charge >= 0.3 is 20.4 Å². The molecule has 0 saturated carbocycles. The van der Waals surface area contributed by atoms with E-state index < -0.39 is 11.9 Å². The van der Waals surface area contributed by atoms with Crippen molar-refractivity contribution in [3.63, 3.8) is 0 Å². The molecule has 0 aliphatic carbocycles. The second kappa shape index (κ2) is 65.5. The largest absolute Gasteiger partial charge is 2.00 e. The van der Waals surface area contributed by atoms with Crippen LogP contribution in [-0.2, 0) is 30.0 Å². The van der Waals surface area contributed by atoms with Crippen LogP contribution in [0.1, 0.15) is 13.8 Å². The fraction of sp³-hybridized carbons (Fsp3) is 0.833. The molecule has 160 valence electrons. The number of hydrogen-bond donors (Lipinski definition) is 8. The monoisotopic (exact) mass is 468 g/mol. The quantitative estimate of drug-likeness (QED) is 0.179. The predicted molar refractivity (Wildman–Crippen MR) is 85.9 cm³/mol. The van der Waals surface area contributed by atoms with Crippen LogP contribution in [0, 0.1) is 0 Å². The van der Waals surface area contributed by atoms with Crippen molar-refractivity contribution >= 4 is 11.9 Å². The Kier molecular flexibility index (Phi) is 116. The number of carbonyl (C=O) groups is 2. The Balaban J connectivity index is -0.0000000309. The van der Waals surface area contributed by atoms with Crippen LogP contribution in [0.5, 0.6) is 0 Å². The first-order chi connectivity index (χ1) is 11.1. The summed E-state index contributed by atoms with van der Waals surface area (Å²) in [5, 5.41) is 48.8. The molecule has 12 N–H and O–H groups in total. The molecule has 0 fully saturated rings. The van der Waals surface area contributed by atoms with Crippen molar-refractivity contribution in [3.05, 3.63) is 0 Å². The molecule has 0 aromatic carbocycles. The molecule has 0 aliphatic rings. The van der Waals surface area contributed by atoms with E-state index in [0.29, 0.717) is 26.2 Å². The van der Waals surface area contributed by atoms with Crippen molar-refractivity contribution < 1.29 is 60.7 Å². The van der Waals surface area contributed by atoms with Gasteiger partial charge in [-0.3, -0.25) is 0 Å². The molecular formula is C12H34N4O8Pd. The summed E-state index contributed by atoms with van der Waals surface area (Å²) in [4.78, 5) is 17.8. The average molecular weight is 469 g/mol. The van der Waals surface area contributed by atoms with Crippen LogP contribution in [0.3, 0.4) is 0 Å². The summed E-state index contributed by atoms with van der Waals surface area (Å²) in [5.74, 6) is -2.17. The van der Waals surface area contributed by atoms with E-state index >= 15 is 0 Å². The summed E-state index contributed by atoms with van der Waals surface area (Å²) in [7, 11) is 0. The molecule has 0 spiro atoms. The number of aliphatic hydroxyl groups excluding tert-OH is 4. The number of rotatable bonds is 4. The zero-order chi connectivity index (χ0) is 20.8. The van der Waals surface area contributed by atoms with E-state index in [0.717, 1.165) is 13.8 Å². The predicted octanol–water partition coefficient (Wildman–Crippen LogP) is -6.74. The van der Waals surface area contributed by atoms with Gasteiger partial charge in [-0.1, -0.05) is 0 Å². The first-order valence-electron chi connectivity index (χ1n) is 6.71. The first kappa shape index (κ1) is 44.1. The van der Waals surface area contributed by atoms with Crippen LogP contribution in [0.15, 0.2) is 0 Å². The minimum absolute atomic E-state index is 0. The van der Waals surface area contributed by atoms with Crippen LogP contribution in [-0.4, -0.2) is 85.0 Å². The molecule has 0 atom stereocenters. The van der Waals surface area contributed by atoms with Gasteiger partial charge in [-0.15, -0.1) is 0 Å². The van der Waals surface area contributed by atoms with E-state index in [2.05, 4.69) is 0 Å².